The van der Waals surface area contributed by atoms with E-state index in [2.05, 4.69) is 42.3 Å². The molecule has 9 heteroatoms. The molecule has 2 amide bonds. The summed E-state index contributed by atoms with van der Waals surface area (Å²) in [4.78, 5) is 49.2. The summed E-state index contributed by atoms with van der Waals surface area (Å²) in [6, 6.07) is 18.7. The molecular formula is C27H33N3O6. The summed E-state index contributed by atoms with van der Waals surface area (Å²) in [5, 5.41) is 14.8. The van der Waals surface area contributed by atoms with Crippen molar-refractivity contribution in [3.05, 3.63) is 65.7 Å². The van der Waals surface area contributed by atoms with Crippen molar-refractivity contribution in [2.45, 2.75) is 38.1 Å². The van der Waals surface area contributed by atoms with E-state index in [9.17, 15) is 9.59 Å². The lowest BCUT2D eigenvalue weighted by atomic mass is 10.0. The first kappa shape index (κ1) is 26.9. The average molecular weight is 496 g/mol. The second-order valence-corrected chi connectivity index (χ2v) is 9.05. The first-order valence-corrected chi connectivity index (χ1v) is 12.2. The number of carbonyl (C=O) groups excluding carboxylic acids is 2. The third-order valence-corrected chi connectivity index (χ3v) is 6.65. The Morgan fingerprint density at radius 3 is 2.06 bits per heavy atom. The highest BCUT2D eigenvalue weighted by Gasteiger charge is 2.26. The number of rotatable bonds is 6. The second kappa shape index (κ2) is 12.8. The Labute approximate surface area is 210 Å². The van der Waals surface area contributed by atoms with Crippen molar-refractivity contribution in [2.24, 2.45) is 0 Å². The van der Waals surface area contributed by atoms with Gasteiger partial charge in [0, 0.05) is 49.9 Å². The summed E-state index contributed by atoms with van der Waals surface area (Å²) < 4.78 is 0. The quantitative estimate of drug-likeness (QED) is 0.592. The third-order valence-electron chi connectivity index (χ3n) is 6.65. The molecule has 2 aliphatic rings. The van der Waals surface area contributed by atoms with E-state index < -0.39 is 11.9 Å². The summed E-state index contributed by atoms with van der Waals surface area (Å²) >= 11 is 0. The largest absolute Gasteiger partial charge is 0.473 e. The zero-order chi connectivity index (χ0) is 26.1. The number of nitrogens with zero attached hydrogens (tertiary/aromatic N) is 3. The molecule has 0 bridgehead atoms. The van der Waals surface area contributed by atoms with E-state index in [1.807, 2.05) is 34.1 Å². The fourth-order valence-corrected chi connectivity index (χ4v) is 4.53. The van der Waals surface area contributed by atoms with Crippen LogP contribution in [0.15, 0.2) is 54.6 Å². The van der Waals surface area contributed by atoms with Crippen LogP contribution in [0, 0.1) is 0 Å². The van der Waals surface area contributed by atoms with Gasteiger partial charge in [-0.15, -0.1) is 0 Å². The molecule has 2 fully saturated rings. The Morgan fingerprint density at radius 2 is 1.53 bits per heavy atom. The maximum Gasteiger partial charge on any atom is 0.414 e. The standard InChI is InChI=1S/C25H31N3O2.C2H2O4/c1-26(17-13-20-6-3-2-4-7-20)22-14-18-27(19-15-22)25(30)21-9-11-23(12-10-21)28-16-5-8-24(28)29;3-1(4)2(5)6/h2-4,6-7,9-12,22H,5,8,13-19H2,1H3;(H,3,4)(H,5,6). The number of carboxylic acid groups (broad SMARTS) is 2. The number of anilines is 1. The third kappa shape index (κ3) is 7.39. The van der Waals surface area contributed by atoms with Gasteiger partial charge in [-0.1, -0.05) is 30.3 Å². The number of benzene rings is 2. The topological polar surface area (TPSA) is 118 Å². The van der Waals surface area contributed by atoms with E-state index in [1.165, 1.54) is 5.56 Å². The zero-order valence-electron chi connectivity index (χ0n) is 20.5. The fourth-order valence-electron chi connectivity index (χ4n) is 4.53. The van der Waals surface area contributed by atoms with Gasteiger partial charge in [0.1, 0.15) is 0 Å². The predicted molar refractivity (Wildman–Crippen MR) is 135 cm³/mol. The highest BCUT2D eigenvalue weighted by molar-refractivity contribution is 6.27. The first-order chi connectivity index (χ1) is 17.3. The highest BCUT2D eigenvalue weighted by Crippen LogP contribution is 2.23. The van der Waals surface area contributed by atoms with Gasteiger partial charge in [0.05, 0.1) is 0 Å². The number of likely N-dealkylation sites (N-methyl/N-ethyl adjacent to an activating group) is 1. The van der Waals surface area contributed by atoms with Gasteiger partial charge >= 0.3 is 11.9 Å². The number of likely N-dealkylation sites (tertiary alicyclic amines) is 1. The Morgan fingerprint density at radius 1 is 0.917 bits per heavy atom. The van der Waals surface area contributed by atoms with Gasteiger partial charge in [-0.3, -0.25) is 9.59 Å². The molecule has 36 heavy (non-hydrogen) atoms. The Balaban J connectivity index is 0.000000538. The number of carboxylic acids is 2. The number of hydrogen-bond acceptors (Lipinski definition) is 5. The van der Waals surface area contributed by atoms with E-state index in [1.54, 1.807) is 0 Å². The van der Waals surface area contributed by atoms with Gasteiger partial charge in [-0.25, -0.2) is 9.59 Å². The molecular weight excluding hydrogens is 462 g/mol. The van der Waals surface area contributed by atoms with Crippen molar-refractivity contribution in [3.8, 4) is 0 Å². The van der Waals surface area contributed by atoms with E-state index in [0.29, 0.717) is 18.0 Å². The lowest BCUT2D eigenvalue weighted by molar-refractivity contribution is -0.159. The first-order valence-electron chi connectivity index (χ1n) is 12.2. The average Bonchev–Trinajstić information content (AvgIpc) is 3.33. The summed E-state index contributed by atoms with van der Waals surface area (Å²) in [6.07, 6.45) is 4.61. The van der Waals surface area contributed by atoms with Crippen molar-refractivity contribution < 1.29 is 29.4 Å². The molecule has 0 unspecified atom stereocenters. The van der Waals surface area contributed by atoms with Gasteiger partial charge in [0.15, 0.2) is 0 Å². The Bertz CT molecular complexity index is 1040. The van der Waals surface area contributed by atoms with Crippen molar-refractivity contribution >= 4 is 29.4 Å². The zero-order valence-corrected chi connectivity index (χ0v) is 20.5. The summed E-state index contributed by atoms with van der Waals surface area (Å²) in [5.74, 6) is -3.38. The van der Waals surface area contributed by atoms with E-state index in [0.717, 1.165) is 57.5 Å². The molecule has 0 spiro atoms. The van der Waals surface area contributed by atoms with Crippen LogP contribution in [0.1, 0.15) is 41.6 Å². The minimum Gasteiger partial charge on any atom is -0.473 e. The maximum atomic E-state index is 12.9. The van der Waals surface area contributed by atoms with Crippen LogP contribution < -0.4 is 4.90 Å². The van der Waals surface area contributed by atoms with Gasteiger partial charge in [0.25, 0.3) is 5.91 Å². The van der Waals surface area contributed by atoms with E-state index in [-0.39, 0.29) is 11.8 Å². The predicted octanol–water partition coefficient (Wildman–Crippen LogP) is 2.75. The summed E-state index contributed by atoms with van der Waals surface area (Å²) in [7, 11) is 2.20. The van der Waals surface area contributed by atoms with Crippen LogP contribution in [-0.4, -0.2) is 83.0 Å². The van der Waals surface area contributed by atoms with Crippen LogP contribution in [0.4, 0.5) is 5.69 Å². The van der Waals surface area contributed by atoms with Crippen molar-refractivity contribution in [2.75, 3.05) is 38.1 Å². The Hall–Kier alpha value is -3.72. The molecule has 2 aromatic carbocycles. The summed E-state index contributed by atoms with van der Waals surface area (Å²) in [6.45, 7) is 3.41. The number of piperidine rings is 1. The molecule has 192 valence electrons. The monoisotopic (exact) mass is 495 g/mol. The van der Waals surface area contributed by atoms with Crippen molar-refractivity contribution in [1.29, 1.82) is 0 Å². The molecule has 0 saturated carbocycles. The maximum absolute atomic E-state index is 12.9. The van der Waals surface area contributed by atoms with Crippen LogP contribution in [-0.2, 0) is 20.8 Å². The van der Waals surface area contributed by atoms with E-state index >= 15 is 0 Å². The minimum absolute atomic E-state index is 0.0969. The molecule has 2 N–H and O–H groups in total. The molecule has 2 aromatic rings. The number of aliphatic carboxylic acids is 2. The number of carbonyl (C=O) groups is 4. The lowest BCUT2D eigenvalue weighted by Crippen LogP contribution is -2.46. The Kier molecular flexibility index (Phi) is 9.58. The van der Waals surface area contributed by atoms with Crippen LogP contribution in [0.3, 0.4) is 0 Å². The smallest absolute Gasteiger partial charge is 0.414 e. The van der Waals surface area contributed by atoms with Crippen LogP contribution in [0.5, 0.6) is 0 Å². The SMILES string of the molecule is CN(CCc1ccccc1)C1CCN(C(=O)c2ccc(N3CCCC3=O)cc2)CC1.O=C(O)C(=O)O. The van der Waals surface area contributed by atoms with Crippen LogP contribution in [0.2, 0.25) is 0 Å². The highest BCUT2D eigenvalue weighted by atomic mass is 16.4. The fraction of sp³-hybridized carbons (Fsp3) is 0.407. The minimum atomic E-state index is -1.82. The molecule has 2 saturated heterocycles. The molecule has 0 aromatic heterocycles. The second-order valence-electron chi connectivity index (χ2n) is 9.05. The summed E-state index contributed by atoms with van der Waals surface area (Å²) in [5.41, 5.74) is 2.98. The molecule has 9 nitrogen and oxygen atoms in total. The van der Waals surface area contributed by atoms with Crippen molar-refractivity contribution in [3.63, 3.8) is 0 Å². The van der Waals surface area contributed by atoms with Gasteiger partial charge in [-0.05, 0) is 62.6 Å². The van der Waals surface area contributed by atoms with Crippen LogP contribution >= 0.6 is 0 Å². The van der Waals surface area contributed by atoms with Gasteiger partial charge < -0.3 is 24.9 Å². The van der Waals surface area contributed by atoms with Crippen molar-refractivity contribution in [1.82, 2.24) is 9.80 Å². The molecule has 2 aliphatic heterocycles. The number of hydrogen-bond donors (Lipinski definition) is 2. The van der Waals surface area contributed by atoms with Gasteiger partial charge in [0.2, 0.25) is 5.91 Å². The normalized spacial score (nSPS) is 16.0. The lowest BCUT2D eigenvalue weighted by Gasteiger charge is -2.37. The van der Waals surface area contributed by atoms with E-state index in [4.69, 9.17) is 19.8 Å². The number of amides is 2. The molecule has 4 rings (SSSR count). The van der Waals surface area contributed by atoms with Crippen LogP contribution in [0.25, 0.3) is 0 Å². The molecule has 0 atom stereocenters. The molecule has 0 radical (unpaired) electrons. The molecule has 2 heterocycles. The molecule has 0 aliphatic carbocycles. The van der Waals surface area contributed by atoms with Gasteiger partial charge in [-0.2, -0.15) is 0 Å².